The molecule has 0 atom stereocenters. The Kier molecular flexibility index (Phi) is 2.23. The predicted molar refractivity (Wildman–Crippen MR) is 58.4 cm³/mol. The number of hydrogen-bond acceptors (Lipinski definition) is 3. The predicted octanol–water partition coefficient (Wildman–Crippen LogP) is 2.37. The first-order chi connectivity index (χ1) is 7.36. The van der Waals surface area contributed by atoms with E-state index in [1.807, 2.05) is 12.1 Å². The first kappa shape index (κ1) is 9.33. The minimum atomic E-state index is -0.251. The molecule has 0 bridgehead atoms. The van der Waals surface area contributed by atoms with Gasteiger partial charge in [-0.25, -0.2) is 0 Å². The van der Waals surface area contributed by atoms with E-state index >= 15 is 0 Å². The van der Waals surface area contributed by atoms with Crippen LogP contribution in [0.25, 0.3) is 10.9 Å². The van der Waals surface area contributed by atoms with Gasteiger partial charge in [0.25, 0.3) is 0 Å². The summed E-state index contributed by atoms with van der Waals surface area (Å²) in [6, 6.07) is 3.97. The van der Waals surface area contributed by atoms with Crippen molar-refractivity contribution in [1.82, 2.24) is 10.2 Å². The third kappa shape index (κ3) is 1.47. The molecule has 1 aliphatic rings. The first-order valence-electron chi connectivity index (χ1n) is 4.71. The number of H-pyrrole nitrogens is 1. The maximum absolute atomic E-state index is 5.46. The van der Waals surface area contributed by atoms with Crippen molar-refractivity contribution < 1.29 is 9.47 Å². The van der Waals surface area contributed by atoms with Crippen LogP contribution in [0.1, 0.15) is 11.9 Å². The van der Waals surface area contributed by atoms with E-state index in [9.17, 15) is 0 Å². The third-order valence-corrected chi connectivity index (χ3v) is 3.35. The molecule has 1 aliphatic heterocycles. The second kappa shape index (κ2) is 3.59. The van der Waals surface area contributed by atoms with Gasteiger partial charge in [0.15, 0.2) is 6.29 Å². The lowest BCUT2D eigenvalue weighted by Crippen LogP contribution is -1.98. The highest BCUT2D eigenvalue weighted by atomic mass is 79.9. The van der Waals surface area contributed by atoms with E-state index in [1.165, 1.54) is 0 Å². The number of benzene rings is 1. The number of halogens is 1. The number of aromatic nitrogens is 2. The van der Waals surface area contributed by atoms with Crippen LogP contribution in [-0.2, 0) is 9.47 Å². The topological polar surface area (TPSA) is 47.1 Å². The van der Waals surface area contributed by atoms with Gasteiger partial charge in [-0.1, -0.05) is 6.07 Å². The van der Waals surface area contributed by atoms with Crippen LogP contribution in [0.5, 0.6) is 0 Å². The highest BCUT2D eigenvalue weighted by Gasteiger charge is 2.21. The molecule has 15 heavy (non-hydrogen) atoms. The normalized spacial score (nSPS) is 17.7. The minimum Gasteiger partial charge on any atom is -0.346 e. The Balaban J connectivity index is 2.13. The first-order valence-corrected chi connectivity index (χ1v) is 5.50. The molecule has 2 heterocycles. The number of nitrogens with zero attached hydrogens (tertiary/aromatic N) is 1. The monoisotopic (exact) mass is 268 g/mol. The molecule has 4 nitrogen and oxygen atoms in total. The van der Waals surface area contributed by atoms with Gasteiger partial charge in [-0.15, -0.1) is 0 Å². The van der Waals surface area contributed by atoms with E-state index in [4.69, 9.17) is 9.47 Å². The summed E-state index contributed by atoms with van der Waals surface area (Å²) in [4.78, 5) is 0. The Bertz CT molecular complexity index is 491. The van der Waals surface area contributed by atoms with Crippen molar-refractivity contribution in [3.05, 3.63) is 28.4 Å². The Morgan fingerprint density at radius 3 is 2.93 bits per heavy atom. The molecule has 1 aromatic heterocycles. The summed E-state index contributed by atoms with van der Waals surface area (Å²) in [5, 5.41) is 7.96. The number of ether oxygens (including phenoxy) is 2. The van der Waals surface area contributed by atoms with Crippen LogP contribution in [0.4, 0.5) is 0 Å². The summed E-state index contributed by atoms with van der Waals surface area (Å²) in [5.41, 5.74) is 2.02. The highest BCUT2D eigenvalue weighted by Crippen LogP contribution is 2.34. The van der Waals surface area contributed by atoms with Gasteiger partial charge in [0.2, 0.25) is 0 Å². The minimum absolute atomic E-state index is 0.251. The van der Waals surface area contributed by atoms with Crippen molar-refractivity contribution in [3.63, 3.8) is 0 Å². The lowest BCUT2D eigenvalue weighted by atomic mass is 10.1. The van der Waals surface area contributed by atoms with Crippen LogP contribution in [0, 0.1) is 0 Å². The van der Waals surface area contributed by atoms with E-state index in [-0.39, 0.29) is 6.29 Å². The van der Waals surface area contributed by atoms with Gasteiger partial charge in [-0.05, 0) is 22.0 Å². The number of nitrogens with one attached hydrogen (secondary N) is 1. The average molecular weight is 269 g/mol. The van der Waals surface area contributed by atoms with Crippen molar-refractivity contribution in [1.29, 1.82) is 0 Å². The molecule has 0 amide bonds. The van der Waals surface area contributed by atoms with E-state index < -0.39 is 0 Å². The molecule has 2 aromatic rings. The smallest absolute Gasteiger partial charge is 0.185 e. The molecule has 1 N–H and O–H groups in total. The molecule has 1 aromatic carbocycles. The molecule has 0 spiro atoms. The van der Waals surface area contributed by atoms with E-state index in [0.29, 0.717) is 13.2 Å². The molecule has 0 saturated carbocycles. The fourth-order valence-electron chi connectivity index (χ4n) is 1.72. The summed E-state index contributed by atoms with van der Waals surface area (Å²) in [7, 11) is 0. The maximum Gasteiger partial charge on any atom is 0.185 e. The summed E-state index contributed by atoms with van der Waals surface area (Å²) in [6.07, 6.45) is 1.54. The van der Waals surface area contributed by atoms with Gasteiger partial charge in [0.1, 0.15) is 0 Å². The molecule has 5 heteroatoms. The molecular formula is C10H9BrN2O2. The Morgan fingerprint density at radius 1 is 1.33 bits per heavy atom. The van der Waals surface area contributed by atoms with Gasteiger partial charge in [0, 0.05) is 15.4 Å². The SMILES string of the molecule is Brc1c(C2OCCO2)ccc2[nH]ncc12. The molecule has 78 valence electrons. The Morgan fingerprint density at radius 2 is 2.13 bits per heavy atom. The highest BCUT2D eigenvalue weighted by molar-refractivity contribution is 9.10. The second-order valence-corrected chi connectivity index (χ2v) is 4.17. The van der Waals surface area contributed by atoms with Crippen LogP contribution in [0.3, 0.4) is 0 Å². The summed E-state index contributed by atoms with van der Waals surface area (Å²) < 4.78 is 11.9. The van der Waals surface area contributed by atoms with Gasteiger partial charge >= 0.3 is 0 Å². The largest absolute Gasteiger partial charge is 0.346 e. The van der Waals surface area contributed by atoms with Crippen molar-refractivity contribution >= 4 is 26.8 Å². The second-order valence-electron chi connectivity index (χ2n) is 3.37. The van der Waals surface area contributed by atoms with E-state index in [1.54, 1.807) is 6.20 Å². The zero-order valence-electron chi connectivity index (χ0n) is 7.87. The molecule has 1 saturated heterocycles. The fourth-order valence-corrected chi connectivity index (χ4v) is 2.35. The Labute approximate surface area is 94.7 Å². The lowest BCUT2D eigenvalue weighted by Gasteiger charge is -2.11. The van der Waals surface area contributed by atoms with Crippen molar-refractivity contribution in [2.75, 3.05) is 13.2 Å². The van der Waals surface area contributed by atoms with Crippen LogP contribution < -0.4 is 0 Å². The Hall–Kier alpha value is -0.910. The van der Waals surface area contributed by atoms with Crippen LogP contribution in [-0.4, -0.2) is 23.4 Å². The maximum atomic E-state index is 5.46. The van der Waals surface area contributed by atoms with Gasteiger partial charge in [-0.3, -0.25) is 5.10 Å². The fraction of sp³-hybridized carbons (Fsp3) is 0.300. The van der Waals surface area contributed by atoms with E-state index in [2.05, 4.69) is 26.1 Å². The number of aromatic amines is 1. The molecule has 3 rings (SSSR count). The number of rotatable bonds is 1. The molecule has 0 aliphatic carbocycles. The quantitative estimate of drug-likeness (QED) is 0.864. The summed E-state index contributed by atoms with van der Waals surface area (Å²) >= 11 is 3.55. The summed E-state index contributed by atoms with van der Waals surface area (Å²) in [5.74, 6) is 0. The third-order valence-electron chi connectivity index (χ3n) is 2.46. The van der Waals surface area contributed by atoms with Gasteiger partial charge in [0.05, 0.1) is 24.9 Å². The number of fused-ring (bicyclic) bond motifs is 1. The standard InChI is InChI=1S/C10H9BrN2O2/c11-9-6(10-14-3-4-15-10)1-2-8-7(9)5-12-13-8/h1-2,5,10H,3-4H2,(H,12,13). The van der Waals surface area contributed by atoms with Crippen molar-refractivity contribution in [2.45, 2.75) is 6.29 Å². The zero-order chi connectivity index (χ0) is 10.3. The molecule has 1 fully saturated rings. The molecular weight excluding hydrogens is 260 g/mol. The van der Waals surface area contributed by atoms with E-state index in [0.717, 1.165) is 20.9 Å². The van der Waals surface area contributed by atoms with Gasteiger partial charge < -0.3 is 9.47 Å². The van der Waals surface area contributed by atoms with Crippen LogP contribution >= 0.6 is 15.9 Å². The molecule has 0 radical (unpaired) electrons. The molecule has 0 unspecified atom stereocenters. The zero-order valence-corrected chi connectivity index (χ0v) is 9.45. The number of hydrogen-bond donors (Lipinski definition) is 1. The summed E-state index contributed by atoms with van der Waals surface area (Å²) in [6.45, 7) is 1.31. The lowest BCUT2D eigenvalue weighted by molar-refractivity contribution is -0.0445. The van der Waals surface area contributed by atoms with Crippen LogP contribution in [0.2, 0.25) is 0 Å². The average Bonchev–Trinajstić information content (AvgIpc) is 2.87. The van der Waals surface area contributed by atoms with Crippen LogP contribution in [0.15, 0.2) is 22.8 Å². The van der Waals surface area contributed by atoms with Crippen molar-refractivity contribution in [2.24, 2.45) is 0 Å². The van der Waals surface area contributed by atoms with Crippen molar-refractivity contribution in [3.8, 4) is 0 Å². The van der Waals surface area contributed by atoms with Gasteiger partial charge in [-0.2, -0.15) is 5.10 Å².